The number of nitrogens with two attached hydrogens (primary N) is 1. The highest BCUT2D eigenvalue weighted by molar-refractivity contribution is 5.80. The van der Waals surface area contributed by atoms with Crippen LogP contribution in [0, 0.1) is 0 Å². The van der Waals surface area contributed by atoms with E-state index in [2.05, 4.69) is 5.32 Å². The minimum Gasteiger partial charge on any atom is -0.376 e. The van der Waals surface area contributed by atoms with Crippen molar-refractivity contribution in [2.45, 2.75) is 44.8 Å². The first-order valence-electron chi connectivity index (χ1n) is 5.35. The lowest BCUT2D eigenvalue weighted by Gasteiger charge is -2.12. The molecular weight excluding hydrogens is 180 g/mol. The number of carbonyl (C=O) groups excluding carboxylic acids is 1. The van der Waals surface area contributed by atoms with Gasteiger partial charge in [0.05, 0.1) is 18.8 Å². The van der Waals surface area contributed by atoms with E-state index < -0.39 is 6.04 Å². The van der Waals surface area contributed by atoms with Gasteiger partial charge in [0.1, 0.15) is 0 Å². The minimum absolute atomic E-state index is 0.111. The molecule has 1 saturated carbocycles. The third kappa shape index (κ3) is 4.07. The predicted molar refractivity (Wildman–Crippen MR) is 54.9 cm³/mol. The van der Waals surface area contributed by atoms with Crippen molar-refractivity contribution in [3.63, 3.8) is 0 Å². The van der Waals surface area contributed by atoms with Gasteiger partial charge in [-0.05, 0) is 19.8 Å². The molecule has 1 fully saturated rings. The second-order valence-corrected chi connectivity index (χ2v) is 3.86. The van der Waals surface area contributed by atoms with Gasteiger partial charge >= 0.3 is 0 Å². The van der Waals surface area contributed by atoms with E-state index in [1.165, 1.54) is 25.7 Å². The molecule has 4 heteroatoms. The van der Waals surface area contributed by atoms with Gasteiger partial charge in [-0.1, -0.05) is 12.8 Å². The fourth-order valence-corrected chi connectivity index (χ4v) is 1.62. The van der Waals surface area contributed by atoms with Crippen LogP contribution in [-0.2, 0) is 9.53 Å². The van der Waals surface area contributed by atoms with Crippen LogP contribution in [0.25, 0.3) is 0 Å². The van der Waals surface area contributed by atoms with E-state index in [1.54, 1.807) is 6.92 Å². The van der Waals surface area contributed by atoms with Crippen LogP contribution < -0.4 is 11.1 Å². The molecule has 3 N–H and O–H groups in total. The largest absolute Gasteiger partial charge is 0.376 e. The molecule has 0 aliphatic heterocycles. The van der Waals surface area contributed by atoms with Gasteiger partial charge in [0.2, 0.25) is 5.91 Å². The monoisotopic (exact) mass is 200 g/mol. The van der Waals surface area contributed by atoms with Crippen LogP contribution in [0.3, 0.4) is 0 Å². The fraction of sp³-hybridized carbons (Fsp3) is 0.900. The summed E-state index contributed by atoms with van der Waals surface area (Å²) in [6, 6.07) is -0.429. The van der Waals surface area contributed by atoms with Crippen molar-refractivity contribution in [1.29, 1.82) is 0 Å². The summed E-state index contributed by atoms with van der Waals surface area (Å²) in [5.74, 6) is -0.111. The lowest BCUT2D eigenvalue weighted by molar-refractivity contribution is -0.122. The first-order chi connectivity index (χ1) is 6.70. The fourth-order valence-electron chi connectivity index (χ4n) is 1.62. The maximum atomic E-state index is 11.0. The number of ether oxygens (including phenoxy) is 1. The number of carbonyl (C=O) groups is 1. The van der Waals surface area contributed by atoms with Gasteiger partial charge in [0.15, 0.2) is 0 Å². The van der Waals surface area contributed by atoms with Crippen molar-refractivity contribution in [1.82, 2.24) is 5.32 Å². The van der Waals surface area contributed by atoms with E-state index in [4.69, 9.17) is 10.5 Å². The van der Waals surface area contributed by atoms with Gasteiger partial charge in [-0.2, -0.15) is 0 Å². The average molecular weight is 200 g/mol. The smallest absolute Gasteiger partial charge is 0.236 e. The maximum absolute atomic E-state index is 11.0. The van der Waals surface area contributed by atoms with E-state index in [0.29, 0.717) is 19.3 Å². The zero-order valence-electron chi connectivity index (χ0n) is 8.79. The van der Waals surface area contributed by atoms with E-state index in [9.17, 15) is 4.79 Å². The minimum atomic E-state index is -0.429. The summed E-state index contributed by atoms with van der Waals surface area (Å²) in [6.45, 7) is 2.84. The highest BCUT2D eigenvalue weighted by Crippen LogP contribution is 2.20. The molecule has 0 saturated heterocycles. The molecule has 1 aliphatic carbocycles. The molecule has 0 aromatic carbocycles. The lowest BCUT2D eigenvalue weighted by atomic mass is 10.3. The van der Waals surface area contributed by atoms with Crippen molar-refractivity contribution in [3.8, 4) is 0 Å². The Labute approximate surface area is 85.2 Å². The van der Waals surface area contributed by atoms with Crippen molar-refractivity contribution >= 4 is 5.91 Å². The van der Waals surface area contributed by atoms with Gasteiger partial charge in [-0.25, -0.2) is 0 Å². The second kappa shape index (κ2) is 5.98. The number of rotatable bonds is 5. The second-order valence-electron chi connectivity index (χ2n) is 3.86. The number of hydrogen-bond donors (Lipinski definition) is 2. The highest BCUT2D eigenvalue weighted by Gasteiger charge is 2.14. The maximum Gasteiger partial charge on any atom is 0.236 e. The lowest BCUT2D eigenvalue weighted by Crippen LogP contribution is -2.39. The van der Waals surface area contributed by atoms with E-state index in [0.717, 1.165) is 0 Å². The molecule has 82 valence electrons. The van der Waals surface area contributed by atoms with E-state index in [1.807, 2.05) is 0 Å². The molecule has 0 aromatic rings. The molecule has 4 nitrogen and oxygen atoms in total. The molecule has 0 bridgehead atoms. The molecule has 0 radical (unpaired) electrons. The first kappa shape index (κ1) is 11.5. The molecule has 1 aliphatic rings. The zero-order valence-corrected chi connectivity index (χ0v) is 8.79. The molecule has 14 heavy (non-hydrogen) atoms. The van der Waals surface area contributed by atoms with Crippen molar-refractivity contribution < 1.29 is 9.53 Å². The van der Waals surface area contributed by atoms with Crippen LogP contribution in [0.4, 0.5) is 0 Å². The number of amides is 1. The Balaban J connectivity index is 1.96. The Morgan fingerprint density at radius 3 is 2.79 bits per heavy atom. The third-order valence-corrected chi connectivity index (χ3v) is 2.47. The summed E-state index contributed by atoms with van der Waals surface area (Å²) in [4.78, 5) is 11.0. The molecule has 0 unspecified atom stereocenters. The summed E-state index contributed by atoms with van der Waals surface area (Å²) >= 11 is 0. The Morgan fingerprint density at radius 1 is 1.57 bits per heavy atom. The van der Waals surface area contributed by atoms with Crippen LogP contribution >= 0.6 is 0 Å². The van der Waals surface area contributed by atoms with E-state index in [-0.39, 0.29) is 5.91 Å². The van der Waals surface area contributed by atoms with Gasteiger partial charge in [-0.3, -0.25) is 4.79 Å². The van der Waals surface area contributed by atoms with Gasteiger partial charge < -0.3 is 15.8 Å². The van der Waals surface area contributed by atoms with Crippen LogP contribution in [-0.4, -0.2) is 31.2 Å². The highest BCUT2D eigenvalue weighted by atomic mass is 16.5. The molecule has 0 spiro atoms. The van der Waals surface area contributed by atoms with Crippen LogP contribution in [0.1, 0.15) is 32.6 Å². The summed E-state index contributed by atoms with van der Waals surface area (Å²) in [5, 5.41) is 2.72. The Morgan fingerprint density at radius 2 is 2.21 bits per heavy atom. The van der Waals surface area contributed by atoms with Crippen LogP contribution in [0.2, 0.25) is 0 Å². The molecular formula is C10H20N2O2. The van der Waals surface area contributed by atoms with Gasteiger partial charge in [0.25, 0.3) is 0 Å². The predicted octanol–water partition coefficient (Wildman–Crippen LogP) is 0.409. The van der Waals surface area contributed by atoms with Crippen LogP contribution in [0.5, 0.6) is 0 Å². The average Bonchev–Trinajstić information content (AvgIpc) is 2.64. The summed E-state index contributed by atoms with van der Waals surface area (Å²) in [5.41, 5.74) is 5.39. The van der Waals surface area contributed by atoms with Gasteiger partial charge in [-0.15, -0.1) is 0 Å². The van der Waals surface area contributed by atoms with Crippen LogP contribution in [0.15, 0.2) is 0 Å². The van der Waals surface area contributed by atoms with E-state index >= 15 is 0 Å². The molecule has 1 atom stereocenters. The van der Waals surface area contributed by atoms with Gasteiger partial charge in [0, 0.05) is 6.54 Å². The number of hydrogen-bond acceptors (Lipinski definition) is 3. The Hall–Kier alpha value is -0.610. The SMILES string of the molecule is C[C@H](N)C(=O)NCCOC1CCCC1. The number of nitrogens with one attached hydrogen (secondary N) is 1. The quantitative estimate of drug-likeness (QED) is 0.632. The normalized spacial score (nSPS) is 19.6. The Bertz CT molecular complexity index is 177. The van der Waals surface area contributed by atoms with Crippen molar-refractivity contribution in [2.75, 3.05) is 13.2 Å². The molecule has 1 rings (SSSR count). The molecule has 0 heterocycles. The Kier molecular flexibility index (Phi) is 4.90. The topological polar surface area (TPSA) is 64.4 Å². The summed E-state index contributed by atoms with van der Waals surface area (Å²) < 4.78 is 5.58. The standard InChI is InChI=1S/C10H20N2O2/c1-8(11)10(13)12-6-7-14-9-4-2-3-5-9/h8-9H,2-7,11H2,1H3,(H,12,13)/t8-/m0/s1. The molecule has 0 aromatic heterocycles. The first-order valence-corrected chi connectivity index (χ1v) is 5.35. The van der Waals surface area contributed by atoms with Crippen molar-refractivity contribution in [3.05, 3.63) is 0 Å². The third-order valence-electron chi connectivity index (χ3n) is 2.47. The summed E-state index contributed by atoms with van der Waals surface area (Å²) in [7, 11) is 0. The zero-order chi connectivity index (χ0) is 10.4. The van der Waals surface area contributed by atoms with Crippen molar-refractivity contribution in [2.24, 2.45) is 5.73 Å². The summed E-state index contributed by atoms with van der Waals surface area (Å²) in [6.07, 6.45) is 5.30. The molecule has 1 amide bonds.